The molecular weight excluding hydrogens is 477 g/mol. The smallest absolute Gasteiger partial charge is 0.306 e. The van der Waals surface area contributed by atoms with Gasteiger partial charge in [0, 0.05) is 25.4 Å². The number of hydrogen-bond acceptors (Lipinski definition) is 8. The van der Waals surface area contributed by atoms with Crippen LogP contribution in [0, 0.1) is 18.7 Å². The summed E-state index contributed by atoms with van der Waals surface area (Å²) < 4.78 is 49.4. The number of benzene rings is 1. The Morgan fingerprint density at radius 1 is 1.09 bits per heavy atom. The zero-order valence-electron chi connectivity index (χ0n) is 19.8. The van der Waals surface area contributed by atoms with Gasteiger partial charge in [0.15, 0.2) is 21.4 Å². The van der Waals surface area contributed by atoms with Crippen LogP contribution in [0.5, 0.6) is 17.5 Å². The van der Waals surface area contributed by atoms with Crippen LogP contribution in [0.3, 0.4) is 0 Å². The Bertz CT molecular complexity index is 1180. The zero-order chi connectivity index (χ0) is 25.2. The summed E-state index contributed by atoms with van der Waals surface area (Å²) in [5.41, 5.74) is 0.522. The van der Waals surface area contributed by atoms with E-state index in [2.05, 4.69) is 14.9 Å². The van der Waals surface area contributed by atoms with Crippen LogP contribution in [-0.4, -0.2) is 65.9 Å². The van der Waals surface area contributed by atoms with Crippen molar-refractivity contribution in [3.05, 3.63) is 35.9 Å². The van der Waals surface area contributed by atoms with E-state index in [0.29, 0.717) is 17.5 Å². The Balaban J connectivity index is 1.35. The molecule has 0 spiro atoms. The van der Waals surface area contributed by atoms with Gasteiger partial charge in [-0.2, -0.15) is 0 Å². The van der Waals surface area contributed by atoms with Crippen molar-refractivity contribution in [2.45, 2.75) is 62.5 Å². The van der Waals surface area contributed by atoms with Crippen molar-refractivity contribution in [3.63, 3.8) is 0 Å². The van der Waals surface area contributed by atoms with Crippen LogP contribution in [0.2, 0.25) is 0 Å². The number of carbonyl (C=O) groups is 1. The second-order valence-electron chi connectivity index (χ2n) is 9.27. The highest BCUT2D eigenvalue weighted by Crippen LogP contribution is 2.33. The van der Waals surface area contributed by atoms with E-state index in [4.69, 9.17) is 9.47 Å². The average molecular weight is 508 g/mol. The molecule has 0 unspecified atom stereocenters. The van der Waals surface area contributed by atoms with E-state index >= 15 is 0 Å². The Morgan fingerprint density at radius 2 is 1.74 bits per heavy atom. The summed E-state index contributed by atoms with van der Waals surface area (Å²) in [5.74, 6) is -1.35. The second kappa shape index (κ2) is 10.4. The molecule has 1 aliphatic carbocycles. The van der Waals surface area contributed by atoms with Crippen molar-refractivity contribution in [1.82, 2.24) is 14.9 Å². The van der Waals surface area contributed by atoms with Crippen molar-refractivity contribution in [2.75, 3.05) is 19.3 Å². The number of ether oxygens (including phenoxy) is 2. The lowest BCUT2D eigenvalue weighted by molar-refractivity contribution is -0.143. The van der Waals surface area contributed by atoms with E-state index < -0.39 is 21.6 Å². The van der Waals surface area contributed by atoms with Gasteiger partial charge >= 0.3 is 5.97 Å². The summed E-state index contributed by atoms with van der Waals surface area (Å²) in [5, 5.41) is 9.20. The number of carboxylic acid groups (broad SMARTS) is 1. The number of rotatable bonds is 7. The molecule has 0 atom stereocenters. The number of likely N-dealkylation sites (tertiary alicyclic amines) is 1. The fourth-order valence-corrected chi connectivity index (χ4v) is 5.38. The lowest BCUT2D eigenvalue weighted by Crippen LogP contribution is -2.46. The first kappa shape index (κ1) is 25.3. The first-order valence-electron chi connectivity index (χ1n) is 11.7. The number of hydrogen-bond donors (Lipinski definition) is 1. The minimum absolute atomic E-state index is 0.0335. The molecule has 1 N–H and O–H groups in total. The van der Waals surface area contributed by atoms with Crippen molar-refractivity contribution in [3.8, 4) is 17.5 Å². The maximum absolute atomic E-state index is 14.4. The van der Waals surface area contributed by atoms with Gasteiger partial charge in [-0.25, -0.2) is 22.8 Å². The molecule has 2 aromatic rings. The van der Waals surface area contributed by atoms with E-state index in [1.165, 1.54) is 18.5 Å². The minimum atomic E-state index is -3.53. The van der Waals surface area contributed by atoms with Gasteiger partial charge in [0.2, 0.25) is 11.8 Å². The predicted molar refractivity (Wildman–Crippen MR) is 125 cm³/mol. The Morgan fingerprint density at radius 3 is 2.34 bits per heavy atom. The molecule has 9 nitrogen and oxygen atoms in total. The highest BCUT2D eigenvalue weighted by molar-refractivity contribution is 7.90. The van der Waals surface area contributed by atoms with Crippen LogP contribution in [0.1, 0.15) is 44.1 Å². The summed E-state index contributed by atoms with van der Waals surface area (Å²) in [4.78, 5) is 21.8. The molecule has 1 saturated heterocycles. The van der Waals surface area contributed by atoms with Crippen LogP contribution in [0.25, 0.3) is 0 Å². The third-order valence-electron chi connectivity index (χ3n) is 6.85. The first-order chi connectivity index (χ1) is 16.6. The van der Waals surface area contributed by atoms with Gasteiger partial charge in [-0.15, -0.1) is 0 Å². The number of carboxylic acids is 1. The summed E-state index contributed by atoms with van der Waals surface area (Å²) in [6, 6.07) is 3.88. The zero-order valence-corrected chi connectivity index (χ0v) is 20.6. The Hall–Kier alpha value is -2.79. The lowest BCUT2D eigenvalue weighted by atomic mass is 9.84. The van der Waals surface area contributed by atoms with Gasteiger partial charge in [-0.05, 0) is 63.6 Å². The number of sulfone groups is 1. The number of piperidine rings is 1. The fraction of sp³-hybridized carbons (Fsp3) is 0.542. The fourth-order valence-electron chi connectivity index (χ4n) is 4.74. The lowest BCUT2D eigenvalue weighted by Gasteiger charge is -2.40. The molecule has 0 radical (unpaired) electrons. The molecule has 35 heavy (non-hydrogen) atoms. The standard InChI is InChI=1S/C24H30FN3O6S/c1-15-22(26-14-27-23(15)34-21-8-7-19(13-20(21)25)35(2,31)32)33-18-9-11-28(12-10-18)17-5-3-16(4-6-17)24(29)30/h7-8,13-14,16-18H,3-6,9-12H2,1-2H3,(H,29,30). The summed E-state index contributed by atoms with van der Waals surface area (Å²) >= 11 is 0. The third-order valence-corrected chi connectivity index (χ3v) is 7.96. The molecule has 4 rings (SSSR count). The highest BCUT2D eigenvalue weighted by atomic mass is 32.2. The predicted octanol–water partition coefficient (Wildman–Crippen LogP) is 3.61. The van der Waals surface area contributed by atoms with Gasteiger partial charge in [0.1, 0.15) is 12.4 Å². The maximum atomic E-state index is 14.4. The van der Waals surface area contributed by atoms with Crippen molar-refractivity contribution in [1.29, 1.82) is 0 Å². The van der Waals surface area contributed by atoms with Gasteiger partial charge in [0.25, 0.3) is 0 Å². The average Bonchev–Trinajstić information content (AvgIpc) is 2.82. The third kappa shape index (κ3) is 6.07. The molecule has 0 bridgehead atoms. The molecule has 1 aromatic heterocycles. The molecule has 190 valence electrons. The van der Waals surface area contributed by atoms with Crippen molar-refractivity contribution < 1.29 is 32.2 Å². The largest absolute Gasteiger partial charge is 0.481 e. The van der Waals surface area contributed by atoms with E-state index in [0.717, 1.165) is 63.9 Å². The monoisotopic (exact) mass is 507 g/mol. The quantitative estimate of drug-likeness (QED) is 0.599. The topological polar surface area (TPSA) is 119 Å². The SMILES string of the molecule is Cc1c(Oc2ccc(S(C)(=O)=O)cc2F)ncnc1OC1CCN(C2CCC(C(=O)O)CC2)CC1. The van der Waals surface area contributed by atoms with Crippen LogP contribution in [0.4, 0.5) is 4.39 Å². The van der Waals surface area contributed by atoms with Crippen LogP contribution >= 0.6 is 0 Å². The molecule has 1 saturated carbocycles. The van der Waals surface area contributed by atoms with E-state index in [1.807, 2.05) is 0 Å². The second-order valence-corrected chi connectivity index (χ2v) is 11.3. The highest BCUT2D eigenvalue weighted by Gasteiger charge is 2.32. The summed E-state index contributed by atoms with van der Waals surface area (Å²) in [7, 11) is -3.53. The van der Waals surface area contributed by atoms with E-state index in [9.17, 15) is 22.7 Å². The number of nitrogens with zero attached hydrogens (tertiary/aromatic N) is 3. The molecular formula is C24H30FN3O6S. The van der Waals surface area contributed by atoms with Gasteiger partial charge in [-0.1, -0.05) is 0 Å². The Labute approximate surface area is 204 Å². The van der Waals surface area contributed by atoms with Crippen LogP contribution < -0.4 is 9.47 Å². The summed E-state index contributed by atoms with van der Waals surface area (Å²) in [6.45, 7) is 3.47. The normalized spacial score (nSPS) is 22.0. The van der Waals surface area contributed by atoms with Crippen LogP contribution in [-0.2, 0) is 14.6 Å². The number of aliphatic carboxylic acids is 1. The van der Waals surface area contributed by atoms with Crippen molar-refractivity contribution >= 4 is 15.8 Å². The summed E-state index contributed by atoms with van der Waals surface area (Å²) in [6.07, 6.45) is 7.19. The van der Waals surface area contributed by atoms with E-state index in [1.54, 1.807) is 6.92 Å². The maximum Gasteiger partial charge on any atom is 0.306 e. The molecule has 11 heteroatoms. The number of halogens is 1. The van der Waals surface area contributed by atoms with Crippen LogP contribution in [0.15, 0.2) is 29.4 Å². The first-order valence-corrected chi connectivity index (χ1v) is 13.6. The number of aromatic nitrogens is 2. The molecule has 1 aromatic carbocycles. The molecule has 1 aliphatic heterocycles. The Kier molecular flexibility index (Phi) is 7.56. The molecule has 2 heterocycles. The molecule has 2 aliphatic rings. The molecule has 0 amide bonds. The van der Waals surface area contributed by atoms with E-state index in [-0.39, 0.29) is 28.5 Å². The minimum Gasteiger partial charge on any atom is -0.481 e. The van der Waals surface area contributed by atoms with Crippen molar-refractivity contribution in [2.24, 2.45) is 5.92 Å². The van der Waals surface area contributed by atoms with Gasteiger partial charge in [0.05, 0.1) is 16.4 Å². The van der Waals surface area contributed by atoms with Gasteiger partial charge < -0.3 is 19.5 Å². The van der Waals surface area contributed by atoms with Gasteiger partial charge in [-0.3, -0.25) is 4.79 Å². The molecule has 2 fully saturated rings.